The molecule has 0 bridgehead atoms. The Morgan fingerprint density at radius 1 is 1.12 bits per heavy atom. The number of benzene rings is 3. The maximum atomic E-state index is 12.8. The van der Waals surface area contributed by atoms with Crippen molar-refractivity contribution in [3.8, 4) is 5.75 Å². The number of rotatable bonds is 3. The summed E-state index contributed by atoms with van der Waals surface area (Å²) in [6.07, 6.45) is 0. The van der Waals surface area contributed by atoms with Crippen molar-refractivity contribution in [2.24, 2.45) is 0 Å². The number of fused-ring (bicyclic) bond motifs is 2. The van der Waals surface area contributed by atoms with Gasteiger partial charge in [0.15, 0.2) is 5.13 Å². The van der Waals surface area contributed by atoms with Crippen LogP contribution in [-0.2, 0) is 0 Å². The number of hydrogen-bond donors (Lipinski definition) is 2. The van der Waals surface area contributed by atoms with Gasteiger partial charge in [0.25, 0.3) is 5.91 Å². The van der Waals surface area contributed by atoms with Crippen LogP contribution < -0.4 is 15.8 Å². The van der Waals surface area contributed by atoms with Gasteiger partial charge in [-0.2, -0.15) is 0 Å². The van der Waals surface area contributed by atoms with Crippen LogP contribution in [0.25, 0.3) is 21.0 Å². The number of nitrogens with two attached hydrogens (primary N) is 1. The van der Waals surface area contributed by atoms with Gasteiger partial charge in [0.1, 0.15) is 5.75 Å². The van der Waals surface area contributed by atoms with Crippen molar-refractivity contribution in [1.82, 2.24) is 4.98 Å². The molecule has 1 amide bonds. The summed E-state index contributed by atoms with van der Waals surface area (Å²) in [5, 5.41) is 5.44. The molecule has 4 aromatic rings. The summed E-state index contributed by atoms with van der Waals surface area (Å²) in [6, 6.07) is 17.1. The minimum Gasteiger partial charge on any atom is -0.496 e. The molecule has 0 aliphatic carbocycles. The van der Waals surface area contributed by atoms with E-state index in [4.69, 9.17) is 10.5 Å². The molecule has 0 radical (unpaired) electrons. The van der Waals surface area contributed by atoms with E-state index in [9.17, 15) is 4.79 Å². The van der Waals surface area contributed by atoms with E-state index >= 15 is 0 Å². The molecule has 0 aliphatic rings. The number of aromatic nitrogens is 1. The quantitative estimate of drug-likeness (QED) is 0.578. The average molecular weight is 349 g/mol. The number of anilines is 2. The summed E-state index contributed by atoms with van der Waals surface area (Å²) in [4.78, 5) is 17.0. The van der Waals surface area contributed by atoms with Crippen molar-refractivity contribution < 1.29 is 9.53 Å². The van der Waals surface area contributed by atoms with Gasteiger partial charge in [0.2, 0.25) is 0 Å². The minimum atomic E-state index is -0.223. The van der Waals surface area contributed by atoms with E-state index in [1.807, 2.05) is 54.6 Å². The SMILES string of the molecule is COc1cc2ccccc2cc1C(=O)Nc1ccc2nc(N)sc2c1. The Morgan fingerprint density at radius 3 is 2.64 bits per heavy atom. The highest BCUT2D eigenvalue weighted by Gasteiger charge is 2.14. The Morgan fingerprint density at radius 2 is 1.88 bits per heavy atom. The van der Waals surface area contributed by atoms with E-state index in [1.165, 1.54) is 11.3 Å². The molecule has 6 heteroatoms. The highest BCUT2D eigenvalue weighted by Crippen LogP contribution is 2.29. The molecule has 5 nitrogen and oxygen atoms in total. The third kappa shape index (κ3) is 2.88. The molecule has 3 N–H and O–H groups in total. The second kappa shape index (κ2) is 6.07. The summed E-state index contributed by atoms with van der Waals surface area (Å²) in [5.41, 5.74) is 7.73. The lowest BCUT2D eigenvalue weighted by Crippen LogP contribution is -2.13. The lowest BCUT2D eigenvalue weighted by atomic mass is 10.1. The van der Waals surface area contributed by atoms with Crippen LogP contribution in [0.1, 0.15) is 10.4 Å². The maximum absolute atomic E-state index is 12.8. The molecule has 1 heterocycles. The van der Waals surface area contributed by atoms with E-state index < -0.39 is 0 Å². The average Bonchev–Trinajstić information content (AvgIpc) is 2.99. The van der Waals surface area contributed by atoms with Gasteiger partial charge in [-0.25, -0.2) is 4.98 Å². The first-order chi connectivity index (χ1) is 12.1. The summed E-state index contributed by atoms with van der Waals surface area (Å²) < 4.78 is 6.33. The highest BCUT2D eigenvalue weighted by molar-refractivity contribution is 7.22. The Balaban J connectivity index is 1.70. The Bertz CT molecular complexity index is 1100. The number of nitrogen functional groups attached to an aromatic ring is 1. The summed E-state index contributed by atoms with van der Waals surface area (Å²) in [7, 11) is 1.56. The van der Waals surface area contributed by atoms with Crippen LogP contribution >= 0.6 is 11.3 Å². The van der Waals surface area contributed by atoms with Gasteiger partial charge in [-0.3, -0.25) is 4.79 Å². The normalized spacial score (nSPS) is 10.9. The molecule has 0 atom stereocenters. The van der Waals surface area contributed by atoms with E-state index in [-0.39, 0.29) is 5.91 Å². The molecule has 3 aromatic carbocycles. The smallest absolute Gasteiger partial charge is 0.259 e. The van der Waals surface area contributed by atoms with E-state index in [1.54, 1.807) is 7.11 Å². The second-order valence-electron chi connectivity index (χ2n) is 5.59. The number of methoxy groups -OCH3 is 1. The van der Waals surface area contributed by atoms with Crippen LogP contribution in [-0.4, -0.2) is 18.0 Å². The van der Waals surface area contributed by atoms with Gasteiger partial charge in [-0.05, 0) is 41.1 Å². The third-order valence-electron chi connectivity index (χ3n) is 3.98. The molecule has 124 valence electrons. The van der Waals surface area contributed by atoms with Crippen LogP contribution in [0.3, 0.4) is 0 Å². The van der Waals surface area contributed by atoms with Crippen molar-refractivity contribution in [3.05, 3.63) is 60.2 Å². The zero-order valence-electron chi connectivity index (χ0n) is 13.4. The summed E-state index contributed by atoms with van der Waals surface area (Å²) >= 11 is 1.39. The fourth-order valence-electron chi connectivity index (χ4n) is 2.78. The second-order valence-corrected chi connectivity index (χ2v) is 6.65. The van der Waals surface area contributed by atoms with Crippen LogP contribution in [0.4, 0.5) is 10.8 Å². The fourth-order valence-corrected chi connectivity index (χ4v) is 3.56. The van der Waals surface area contributed by atoms with Gasteiger partial charge >= 0.3 is 0 Å². The number of thiazole rings is 1. The molecule has 0 saturated heterocycles. The number of hydrogen-bond acceptors (Lipinski definition) is 5. The molecule has 0 fully saturated rings. The lowest BCUT2D eigenvalue weighted by Gasteiger charge is -2.11. The van der Waals surface area contributed by atoms with Crippen molar-refractivity contribution in [3.63, 3.8) is 0 Å². The fraction of sp³-hybridized carbons (Fsp3) is 0.0526. The van der Waals surface area contributed by atoms with Gasteiger partial charge in [0.05, 0.1) is 22.9 Å². The Kier molecular flexibility index (Phi) is 3.74. The zero-order chi connectivity index (χ0) is 17.4. The van der Waals surface area contributed by atoms with Crippen LogP contribution in [0.15, 0.2) is 54.6 Å². The predicted molar refractivity (Wildman–Crippen MR) is 102 cm³/mol. The molecular weight excluding hydrogens is 334 g/mol. The molecule has 0 spiro atoms. The molecule has 1 aromatic heterocycles. The van der Waals surface area contributed by atoms with Gasteiger partial charge < -0.3 is 15.8 Å². The van der Waals surface area contributed by atoms with E-state index in [0.717, 1.165) is 21.0 Å². The molecular formula is C19H15N3O2S. The Labute approximate surface area is 148 Å². The first-order valence-electron chi connectivity index (χ1n) is 7.68. The third-order valence-corrected chi connectivity index (χ3v) is 4.82. The number of nitrogens with zero attached hydrogens (tertiary/aromatic N) is 1. The standard InChI is InChI=1S/C19H15N3O2S/c1-24-16-9-12-5-3-2-4-11(12)8-14(16)18(23)21-13-6-7-15-17(10-13)25-19(20)22-15/h2-10H,1H3,(H2,20,22)(H,21,23). The molecule has 0 aliphatic heterocycles. The first-order valence-corrected chi connectivity index (χ1v) is 8.50. The first kappa shape index (κ1) is 15.4. The van der Waals surface area contributed by atoms with Crippen LogP contribution in [0.2, 0.25) is 0 Å². The lowest BCUT2D eigenvalue weighted by molar-refractivity contribution is 0.102. The van der Waals surface area contributed by atoms with E-state index in [0.29, 0.717) is 22.1 Å². The van der Waals surface area contributed by atoms with Crippen molar-refractivity contribution in [1.29, 1.82) is 0 Å². The molecule has 25 heavy (non-hydrogen) atoms. The topological polar surface area (TPSA) is 77.2 Å². The number of amides is 1. The molecule has 4 rings (SSSR count). The highest BCUT2D eigenvalue weighted by atomic mass is 32.1. The van der Waals surface area contributed by atoms with Crippen LogP contribution in [0.5, 0.6) is 5.75 Å². The van der Waals surface area contributed by atoms with Crippen molar-refractivity contribution in [2.45, 2.75) is 0 Å². The van der Waals surface area contributed by atoms with Gasteiger partial charge in [-0.1, -0.05) is 35.6 Å². The maximum Gasteiger partial charge on any atom is 0.259 e. The largest absolute Gasteiger partial charge is 0.496 e. The van der Waals surface area contributed by atoms with Crippen LogP contribution in [0, 0.1) is 0 Å². The number of carbonyl (C=O) groups is 1. The van der Waals surface area contributed by atoms with Gasteiger partial charge in [0, 0.05) is 5.69 Å². The summed E-state index contributed by atoms with van der Waals surface area (Å²) in [6.45, 7) is 0. The van der Waals surface area contributed by atoms with Crippen molar-refractivity contribution in [2.75, 3.05) is 18.2 Å². The Hall–Kier alpha value is -3.12. The number of ether oxygens (including phenoxy) is 1. The molecule has 0 saturated carbocycles. The van der Waals surface area contributed by atoms with Gasteiger partial charge in [-0.15, -0.1) is 0 Å². The van der Waals surface area contributed by atoms with E-state index in [2.05, 4.69) is 10.3 Å². The monoisotopic (exact) mass is 349 g/mol. The van der Waals surface area contributed by atoms with Crippen molar-refractivity contribution >= 4 is 49.1 Å². The number of carbonyl (C=O) groups excluding carboxylic acids is 1. The molecule has 0 unspecified atom stereocenters. The predicted octanol–water partition coefficient (Wildman–Crippen LogP) is 4.29. The number of nitrogens with one attached hydrogen (secondary N) is 1. The summed E-state index contributed by atoms with van der Waals surface area (Å²) in [5.74, 6) is 0.318. The zero-order valence-corrected chi connectivity index (χ0v) is 14.3. The minimum absolute atomic E-state index is 0.223.